The molecule has 14 nitrogen and oxygen atoms in total. The van der Waals surface area contributed by atoms with Crippen LogP contribution in [0.2, 0.25) is 0 Å². The number of halogens is 3. The zero-order valence-electron chi connectivity index (χ0n) is 33.8. The number of amides is 5. The van der Waals surface area contributed by atoms with Gasteiger partial charge in [0.15, 0.2) is 0 Å². The van der Waals surface area contributed by atoms with Crippen molar-refractivity contribution in [3.8, 4) is 5.75 Å². The van der Waals surface area contributed by atoms with E-state index in [1.165, 1.54) is 24.3 Å². The summed E-state index contributed by atoms with van der Waals surface area (Å²) in [6, 6.07) is 14.3. The van der Waals surface area contributed by atoms with Gasteiger partial charge in [-0.1, -0.05) is 19.1 Å². The van der Waals surface area contributed by atoms with Gasteiger partial charge in [0.25, 0.3) is 17.7 Å². The molecular weight excluding hydrogens is 796 g/mol. The first-order valence-corrected chi connectivity index (χ1v) is 20.8. The fraction of sp³-hybridized carbons (Fsp3) is 0.455. The lowest BCUT2D eigenvalue weighted by atomic mass is 9.87. The van der Waals surface area contributed by atoms with Crippen molar-refractivity contribution in [2.75, 3.05) is 57.9 Å². The van der Waals surface area contributed by atoms with Gasteiger partial charge in [0.05, 0.1) is 40.9 Å². The number of piperazine rings is 1. The lowest BCUT2D eigenvalue weighted by molar-refractivity contribution is -0.138. The molecule has 2 N–H and O–H groups in total. The Morgan fingerprint density at radius 2 is 1.61 bits per heavy atom. The van der Waals surface area contributed by atoms with Crippen molar-refractivity contribution in [2.45, 2.75) is 70.3 Å². The molecule has 61 heavy (non-hydrogen) atoms. The van der Waals surface area contributed by atoms with Crippen molar-refractivity contribution in [3.05, 3.63) is 88.5 Å². The van der Waals surface area contributed by atoms with Crippen molar-refractivity contribution < 1.29 is 46.6 Å². The monoisotopic (exact) mass is 843 g/mol. The Morgan fingerprint density at radius 1 is 0.852 bits per heavy atom. The van der Waals surface area contributed by atoms with E-state index in [9.17, 15) is 37.1 Å². The molecule has 1 aromatic heterocycles. The molecule has 8 rings (SSSR count). The van der Waals surface area contributed by atoms with E-state index in [4.69, 9.17) is 14.5 Å². The average Bonchev–Trinajstić information content (AvgIpc) is 3.71. The molecule has 4 heterocycles. The number of imide groups is 2. The Hall–Kier alpha value is -5.65. The summed E-state index contributed by atoms with van der Waals surface area (Å²) in [5, 5.41) is 5.03. The summed E-state index contributed by atoms with van der Waals surface area (Å²) in [6.45, 7) is 8.19. The van der Waals surface area contributed by atoms with Crippen LogP contribution in [-0.2, 0) is 27.0 Å². The number of carbonyl (C=O) groups is 5. The summed E-state index contributed by atoms with van der Waals surface area (Å²) in [5.74, 6) is -1.54. The fourth-order valence-corrected chi connectivity index (χ4v) is 8.69. The van der Waals surface area contributed by atoms with E-state index in [2.05, 4.69) is 38.0 Å². The van der Waals surface area contributed by atoms with Crippen LogP contribution >= 0.6 is 0 Å². The van der Waals surface area contributed by atoms with Gasteiger partial charge in [0.1, 0.15) is 18.4 Å². The number of nitrogens with one attached hydrogen (secondary N) is 2. The number of hydrogen-bond donors (Lipinski definition) is 2. The molecule has 3 fully saturated rings. The maximum absolute atomic E-state index is 13.4. The van der Waals surface area contributed by atoms with E-state index in [0.29, 0.717) is 30.8 Å². The minimum Gasteiger partial charge on any atom is -0.491 e. The third-order valence-corrected chi connectivity index (χ3v) is 12.1. The molecule has 1 aliphatic carbocycles. The number of aromatic nitrogens is 2. The summed E-state index contributed by atoms with van der Waals surface area (Å²) in [5.41, 5.74) is 2.07. The highest BCUT2D eigenvalue weighted by atomic mass is 19.4. The number of nitrogens with zero attached hydrogens (tertiary/aromatic N) is 5. The first-order valence-electron chi connectivity index (χ1n) is 20.8. The standard InChI is InChI=1S/C44H48F3N7O7/c1-27-5-8-31(9-6-27)53-36-12-7-28(23-35(36)48-43(53)50-39(56)29-3-2-4-30(24-29)44(45,46)47)26-52-17-15-51(16-18-52)19-20-60-21-22-61-32-10-11-33-34(25-32)42(59)54(41(33)58)37-13-14-38(55)49-40(37)57/h2-4,7,10-12,23-25,27,31,37H,5-6,8-9,13-22,26H2,1H3,(H,48,50,56)(H,49,55,57)/t27-,31-,37?. The zero-order chi connectivity index (χ0) is 42.8. The number of ether oxygens (including phenoxy) is 2. The molecule has 0 radical (unpaired) electrons. The van der Waals surface area contributed by atoms with Crippen molar-refractivity contribution >= 4 is 46.5 Å². The van der Waals surface area contributed by atoms with E-state index in [1.807, 2.05) is 12.1 Å². The number of alkyl halides is 3. The smallest absolute Gasteiger partial charge is 0.416 e. The number of anilines is 1. The second kappa shape index (κ2) is 17.8. The number of benzene rings is 3. The molecule has 1 unspecified atom stereocenters. The van der Waals surface area contributed by atoms with Crippen LogP contribution in [0.15, 0.2) is 60.7 Å². The Balaban J connectivity index is 0.801. The van der Waals surface area contributed by atoms with Crippen LogP contribution in [0, 0.1) is 5.92 Å². The normalized spacial score (nSPS) is 21.5. The first kappa shape index (κ1) is 42.1. The Bertz CT molecular complexity index is 2330. The third kappa shape index (κ3) is 9.33. The summed E-state index contributed by atoms with van der Waals surface area (Å²) >= 11 is 0. The van der Waals surface area contributed by atoms with E-state index >= 15 is 0 Å². The van der Waals surface area contributed by atoms with Crippen LogP contribution in [0.5, 0.6) is 5.75 Å². The highest BCUT2D eigenvalue weighted by molar-refractivity contribution is 6.23. The van der Waals surface area contributed by atoms with Gasteiger partial charge in [-0.15, -0.1) is 0 Å². The SMILES string of the molecule is C[C@H]1CC[C@H](n2c(NC(=O)c3cccc(C(F)(F)F)c3)nc3cc(CN4CCN(CCOCCOc5ccc6c(c5)C(=O)N(C5CCC(=O)NC5=O)C6=O)CC4)ccc32)CC1. The molecule has 2 saturated heterocycles. The average molecular weight is 844 g/mol. The number of fused-ring (bicyclic) bond motifs is 2. The molecule has 3 aliphatic heterocycles. The highest BCUT2D eigenvalue weighted by Crippen LogP contribution is 2.37. The van der Waals surface area contributed by atoms with Crippen LogP contribution in [0.4, 0.5) is 19.1 Å². The molecule has 17 heteroatoms. The lowest BCUT2D eigenvalue weighted by Crippen LogP contribution is -2.54. The van der Waals surface area contributed by atoms with Gasteiger partial charge < -0.3 is 14.0 Å². The first-order chi connectivity index (χ1) is 29.3. The molecule has 1 atom stereocenters. The van der Waals surface area contributed by atoms with Crippen molar-refractivity contribution in [1.29, 1.82) is 0 Å². The predicted molar refractivity (Wildman–Crippen MR) is 217 cm³/mol. The molecule has 0 spiro atoms. The van der Waals surface area contributed by atoms with E-state index in [0.717, 1.165) is 98.6 Å². The van der Waals surface area contributed by atoms with Crippen LogP contribution in [0.1, 0.15) is 93.7 Å². The van der Waals surface area contributed by atoms with E-state index in [1.54, 1.807) is 6.07 Å². The number of rotatable bonds is 13. The van der Waals surface area contributed by atoms with Gasteiger partial charge in [-0.2, -0.15) is 13.2 Å². The van der Waals surface area contributed by atoms with Gasteiger partial charge in [-0.25, -0.2) is 4.98 Å². The summed E-state index contributed by atoms with van der Waals surface area (Å²) < 4.78 is 53.9. The number of piperidine rings is 1. The Morgan fingerprint density at radius 3 is 2.36 bits per heavy atom. The third-order valence-electron chi connectivity index (χ3n) is 12.1. The van der Waals surface area contributed by atoms with Crippen LogP contribution < -0.4 is 15.4 Å². The second-order valence-electron chi connectivity index (χ2n) is 16.3. The van der Waals surface area contributed by atoms with Crippen molar-refractivity contribution in [1.82, 2.24) is 29.6 Å². The number of hydrogen-bond acceptors (Lipinski definition) is 10. The fourth-order valence-electron chi connectivity index (χ4n) is 8.69. The number of carbonyl (C=O) groups excluding carboxylic acids is 5. The second-order valence-corrected chi connectivity index (χ2v) is 16.3. The highest BCUT2D eigenvalue weighted by Gasteiger charge is 2.44. The maximum Gasteiger partial charge on any atom is 0.416 e. The molecule has 5 amide bonds. The van der Waals surface area contributed by atoms with Crippen LogP contribution in [0.25, 0.3) is 11.0 Å². The van der Waals surface area contributed by atoms with Crippen molar-refractivity contribution in [3.63, 3.8) is 0 Å². The van der Waals surface area contributed by atoms with Gasteiger partial charge in [0.2, 0.25) is 17.8 Å². The number of imidazole rings is 1. The van der Waals surface area contributed by atoms with E-state index in [-0.39, 0.29) is 42.2 Å². The van der Waals surface area contributed by atoms with Crippen LogP contribution in [-0.4, -0.2) is 112 Å². The molecule has 4 aromatic rings. The quantitative estimate of drug-likeness (QED) is 0.127. The van der Waals surface area contributed by atoms with Gasteiger partial charge in [0, 0.05) is 57.3 Å². The minimum atomic E-state index is -4.56. The maximum atomic E-state index is 13.4. The largest absolute Gasteiger partial charge is 0.491 e. The van der Waals surface area contributed by atoms with Crippen LogP contribution in [0.3, 0.4) is 0 Å². The van der Waals surface area contributed by atoms with Gasteiger partial charge in [-0.05, 0) is 92.1 Å². The summed E-state index contributed by atoms with van der Waals surface area (Å²) in [7, 11) is 0. The molecular formula is C44H48F3N7O7. The Labute approximate surface area is 350 Å². The van der Waals surface area contributed by atoms with E-state index < -0.39 is 47.3 Å². The molecule has 3 aromatic carbocycles. The summed E-state index contributed by atoms with van der Waals surface area (Å²) in [4.78, 5) is 73.7. The van der Waals surface area contributed by atoms with Gasteiger partial charge >= 0.3 is 6.18 Å². The zero-order valence-corrected chi connectivity index (χ0v) is 33.8. The Kier molecular flexibility index (Phi) is 12.2. The molecule has 0 bridgehead atoms. The predicted octanol–water partition coefficient (Wildman–Crippen LogP) is 5.67. The van der Waals surface area contributed by atoms with Crippen molar-refractivity contribution in [2.24, 2.45) is 5.92 Å². The minimum absolute atomic E-state index is 0.0509. The summed E-state index contributed by atoms with van der Waals surface area (Å²) in [6.07, 6.45) is -0.505. The topological polar surface area (TPSA) is 155 Å². The molecule has 1 saturated carbocycles. The lowest BCUT2D eigenvalue weighted by Gasteiger charge is -2.34. The van der Waals surface area contributed by atoms with Gasteiger partial charge in [-0.3, -0.25) is 49.3 Å². The molecule has 4 aliphatic rings. The molecule has 322 valence electrons.